The zero-order valence-corrected chi connectivity index (χ0v) is 8.78. The normalized spacial score (nSPS) is 13.5. The number of amides is 1. The van der Waals surface area contributed by atoms with E-state index in [0.29, 0.717) is 0 Å². The minimum absolute atomic E-state index is 0.0223. The summed E-state index contributed by atoms with van der Waals surface area (Å²) >= 11 is 0. The summed E-state index contributed by atoms with van der Waals surface area (Å²) in [5, 5.41) is 11.2. The summed E-state index contributed by atoms with van der Waals surface area (Å²) < 4.78 is 9.02. The zero-order valence-electron chi connectivity index (χ0n) is 8.78. The number of aliphatic hydroxyl groups is 1. The molecule has 2 N–H and O–H groups in total. The Labute approximate surface area is 87.9 Å². The van der Waals surface area contributed by atoms with Crippen molar-refractivity contribution in [3.05, 3.63) is 12.7 Å². The molecule has 6 nitrogen and oxygen atoms in total. The summed E-state index contributed by atoms with van der Waals surface area (Å²) in [6.45, 7) is 4.12. The number of nitrogens with one attached hydrogen (secondary N) is 1. The second-order valence-electron chi connectivity index (χ2n) is 2.99. The van der Waals surface area contributed by atoms with Crippen LogP contribution in [0.4, 0.5) is 4.79 Å². The molecule has 0 heterocycles. The van der Waals surface area contributed by atoms with Gasteiger partial charge in [0.25, 0.3) is 0 Å². The van der Waals surface area contributed by atoms with Gasteiger partial charge in [-0.05, 0) is 6.92 Å². The number of ether oxygens (including phenoxy) is 2. The third-order valence-corrected chi connectivity index (χ3v) is 1.66. The summed E-state index contributed by atoms with van der Waals surface area (Å²) in [6, 6.07) is 0. The molecule has 0 aliphatic rings. The lowest BCUT2D eigenvalue weighted by Crippen LogP contribution is -2.55. The molecule has 0 aliphatic heterocycles. The van der Waals surface area contributed by atoms with Crippen LogP contribution in [-0.2, 0) is 14.3 Å². The lowest BCUT2D eigenvalue weighted by molar-refractivity contribution is -0.149. The molecule has 0 bridgehead atoms. The molecule has 15 heavy (non-hydrogen) atoms. The lowest BCUT2D eigenvalue weighted by atomic mass is 10.1. The number of hydrogen-bond acceptors (Lipinski definition) is 5. The van der Waals surface area contributed by atoms with Crippen molar-refractivity contribution < 1.29 is 24.2 Å². The molecule has 0 rings (SSSR count). The SMILES string of the molecule is C=CCOC(=O)NC(C)(CO)C(=O)OC. The second-order valence-corrected chi connectivity index (χ2v) is 2.99. The quantitative estimate of drug-likeness (QED) is 0.493. The van der Waals surface area contributed by atoms with Crippen molar-refractivity contribution in [3.8, 4) is 0 Å². The van der Waals surface area contributed by atoms with Crippen LogP contribution in [0.25, 0.3) is 0 Å². The van der Waals surface area contributed by atoms with Crippen LogP contribution in [-0.4, -0.2) is 43.0 Å². The third-order valence-electron chi connectivity index (χ3n) is 1.66. The van der Waals surface area contributed by atoms with Crippen LogP contribution < -0.4 is 5.32 Å². The van der Waals surface area contributed by atoms with Gasteiger partial charge < -0.3 is 19.9 Å². The Morgan fingerprint density at radius 3 is 2.60 bits per heavy atom. The molecular weight excluding hydrogens is 202 g/mol. The first kappa shape index (κ1) is 13.4. The van der Waals surface area contributed by atoms with E-state index in [1.807, 2.05) is 0 Å². The van der Waals surface area contributed by atoms with E-state index >= 15 is 0 Å². The highest BCUT2D eigenvalue weighted by molar-refractivity contribution is 5.85. The number of carbonyl (C=O) groups excluding carboxylic acids is 2. The van der Waals surface area contributed by atoms with E-state index in [9.17, 15) is 9.59 Å². The van der Waals surface area contributed by atoms with E-state index in [0.717, 1.165) is 7.11 Å². The average Bonchev–Trinajstić information content (AvgIpc) is 2.24. The highest BCUT2D eigenvalue weighted by atomic mass is 16.6. The molecule has 0 saturated carbocycles. The van der Waals surface area contributed by atoms with Gasteiger partial charge in [-0.15, -0.1) is 0 Å². The minimum Gasteiger partial charge on any atom is -0.467 e. The van der Waals surface area contributed by atoms with Crippen LogP contribution in [0.5, 0.6) is 0 Å². The number of rotatable bonds is 5. The maximum Gasteiger partial charge on any atom is 0.408 e. The molecule has 1 unspecified atom stereocenters. The van der Waals surface area contributed by atoms with Crippen molar-refractivity contribution in [2.24, 2.45) is 0 Å². The lowest BCUT2D eigenvalue weighted by Gasteiger charge is -2.24. The van der Waals surface area contributed by atoms with E-state index < -0.39 is 24.2 Å². The van der Waals surface area contributed by atoms with Crippen LogP contribution >= 0.6 is 0 Å². The van der Waals surface area contributed by atoms with Gasteiger partial charge in [0.2, 0.25) is 0 Å². The van der Waals surface area contributed by atoms with Crippen molar-refractivity contribution in [2.75, 3.05) is 20.3 Å². The molecule has 0 aromatic carbocycles. The number of aliphatic hydroxyl groups excluding tert-OH is 1. The fourth-order valence-corrected chi connectivity index (χ4v) is 0.776. The topological polar surface area (TPSA) is 84.9 Å². The molecule has 0 aromatic rings. The van der Waals surface area contributed by atoms with Crippen LogP contribution in [0, 0.1) is 0 Å². The molecule has 86 valence electrons. The Balaban J connectivity index is 4.36. The Hall–Kier alpha value is -1.56. The van der Waals surface area contributed by atoms with Gasteiger partial charge in [0.15, 0.2) is 5.54 Å². The Morgan fingerprint density at radius 1 is 1.60 bits per heavy atom. The summed E-state index contributed by atoms with van der Waals surface area (Å²) in [5.74, 6) is -0.749. The number of esters is 1. The van der Waals surface area contributed by atoms with Gasteiger partial charge >= 0.3 is 12.1 Å². The van der Waals surface area contributed by atoms with Crippen molar-refractivity contribution >= 4 is 12.1 Å². The molecule has 6 heteroatoms. The fraction of sp³-hybridized carbons (Fsp3) is 0.556. The fourth-order valence-electron chi connectivity index (χ4n) is 0.776. The molecular formula is C9H15NO5. The second kappa shape index (κ2) is 6.02. The van der Waals surface area contributed by atoms with Gasteiger partial charge in [-0.2, -0.15) is 0 Å². The molecule has 0 spiro atoms. The van der Waals surface area contributed by atoms with Crippen LogP contribution in [0.2, 0.25) is 0 Å². The highest BCUT2D eigenvalue weighted by Crippen LogP contribution is 2.05. The molecule has 1 amide bonds. The predicted molar refractivity (Wildman–Crippen MR) is 52.2 cm³/mol. The molecule has 0 radical (unpaired) electrons. The Bertz CT molecular complexity index is 253. The summed E-state index contributed by atoms with van der Waals surface area (Å²) in [7, 11) is 1.16. The first-order valence-electron chi connectivity index (χ1n) is 4.25. The van der Waals surface area contributed by atoms with Gasteiger partial charge in [-0.3, -0.25) is 0 Å². The molecule has 0 aromatic heterocycles. The predicted octanol–water partition coefficient (Wildman–Crippen LogP) is -0.177. The molecule has 0 saturated heterocycles. The number of hydrogen-bond donors (Lipinski definition) is 2. The van der Waals surface area contributed by atoms with E-state index in [1.165, 1.54) is 13.0 Å². The van der Waals surface area contributed by atoms with Gasteiger partial charge in [-0.1, -0.05) is 12.7 Å². The van der Waals surface area contributed by atoms with E-state index in [-0.39, 0.29) is 6.61 Å². The standard InChI is InChI=1S/C9H15NO5/c1-4-5-15-8(13)10-9(2,6-11)7(12)14-3/h4,11H,1,5-6H2,2-3H3,(H,10,13). The van der Waals surface area contributed by atoms with Crippen LogP contribution in [0.15, 0.2) is 12.7 Å². The van der Waals surface area contributed by atoms with Gasteiger partial charge in [0.05, 0.1) is 13.7 Å². The summed E-state index contributed by atoms with van der Waals surface area (Å²) in [6.07, 6.45) is 0.561. The molecule has 1 atom stereocenters. The third kappa shape index (κ3) is 3.99. The highest BCUT2D eigenvalue weighted by Gasteiger charge is 2.36. The number of methoxy groups -OCH3 is 1. The average molecular weight is 217 g/mol. The summed E-state index contributed by atoms with van der Waals surface area (Å²) in [5.41, 5.74) is -1.49. The first-order valence-corrected chi connectivity index (χ1v) is 4.25. The Morgan fingerprint density at radius 2 is 2.20 bits per heavy atom. The van der Waals surface area contributed by atoms with Crippen molar-refractivity contribution in [2.45, 2.75) is 12.5 Å². The monoisotopic (exact) mass is 217 g/mol. The van der Waals surface area contributed by atoms with E-state index in [2.05, 4.69) is 21.4 Å². The van der Waals surface area contributed by atoms with E-state index in [4.69, 9.17) is 5.11 Å². The van der Waals surface area contributed by atoms with Crippen molar-refractivity contribution in [3.63, 3.8) is 0 Å². The number of alkyl carbamates (subject to hydrolysis) is 1. The Kier molecular flexibility index (Phi) is 5.40. The van der Waals surface area contributed by atoms with Crippen LogP contribution in [0.3, 0.4) is 0 Å². The van der Waals surface area contributed by atoms with Gasteiger partial charge in [0.1, 0.15) is 6.61 Å². The van der Waals surface area contributed by atoms with Gasteiger partial charge in [-0.25, -0.2) is 9.59 Å². The number of carbonyl (C=O) groups is 2. The van der Waals surface area contributed by atoms with Crippen LogP contribution in [0.1, 0.15) is 6.92 Å². The van der Waals surface area contributed by atoms with E-state index in [1.54, 1.807) is 0 Å². The molecule has 0 aliphatic carbocycles. The van der Waals surface area contributed by atoms with Gasteiger partial charge in [0, 0.05) is 0 Å². The zero-order chi connectivity index (χ0) is 11.9. The summed E-state index contributed by atoms with van der Waals surface area (Å²) in [4.78, 5) is 22.3. The minimum atomic E-state index is -1.49. The maximum absolute atomic E-state index is 11.2. The smallest absolute Gasteiger partial charge is 0.408 e. The molecule has 0 fully saturated rings. The maximum atomic E-state index is 11.2. The first-order chi connectivity index (χ1) is 7.00. The van der Waals surface area contributed by atoms with Crippen molar-refractivity contribution in [1.29, 1.82) is 0 Å². The largest absolute Gasteiger partial charge is 0.467 e. The van der Waals surface area contributed by atoms with Crippen molar-refractivity contribution in [1.82, 2.24) is 5.32 Å².